The van der Waals surface area contributed by atoms with Gasteiger partial charge in [-0.15, -0.1) is 0 Å². The van der Waals surface area contributed by atoms with Gasteiger partial charge >= 0.3 is 0 Å². The zero-order chi connectivity index (χ0) is 10.7. The van der Waals surface area contributed by atoms with Gasteiger partial charge in [-0.05, 0) is 18.6 Å². The molecule has 0 aliphatic carbocycles. The molecule has 1 fully saturated rings. The Hall–Kier alpha value is -1.42. The third kappa shape index (κ3) is 1.99. The molecule has 1 amide bonds. The Morgan fingerprint density at radius 3 is 3.27 bits per heavy atom. The molecule has 15 heavy (non-hydrogen) atoms. The van der Waals surface area contributed by atoms with Crippen molar-refractivity contribution < 1.29 is 4.79 Å². The summed E-state index contributed by atoms with van der Waals surface area (Å²) in [5.41, 5.74) is 2.13. The fourth-order valence-corrected chi connectivity index (χ4v) is 1.95. The summed E-state index contributed by atoms with van der Waals surface area (Å²) >= 11 is 0. The number of nitrogens with zero attached hydrogens (tertiary/aromatic N) is 2. The number of rotatable bonds is 2. The van der Waals surface area contributed by atoms with Crippen molar-refractivity contribution in [3.63, 3.8) is 0 Å². The molecule has 80 valence electrons. The van der Waals surface area contributed by atoms with E-state index in [4.69, 9.17) is 0 Å². The Balaban J connectivity index is 2.28. The van der Waals surface area contributed by atoms with Gasteiger partial charge in [-0.3, -0.25) is 9.78 Å². The van der Waals surface area contributed by atoms with E-state index in [1.54, 1.807) is 6.20 Å². The number of hydrogen-bond acceptors (Lipinski definition) is 3. The van der Waals surface area contributed by atoms with Crippen molar-refractivity contribution in [1.82, 2.24) is 15.2 Å². The van der Waals surface area contributed by atoms with E-state index in [1.807, 2.05) is 24.0 Å². The molecular formula is C11H15N3O. The van der Waals surface area contributed by atoms with Crippen LogP contribution in [0, 0.1) is 6.92 Å². The summed E-state index contributed by atoms with van der Waals surface area (Å²) < 4.78 is 0. The third-order valence-electron chi connectivity index (χ3n) is 2.79. The smallest absolute Gasteiger partial charge is 0.210 e. The fraction of sp³-hybridized carbons (Fsp3) is 0.455. The first-order chi connectivity index (χ1) is 7.33. The maximum Gasteiger partial charge on any atom is 0.210 e. The van der Waals surface area contributed by atoms with Gasteiger partial charge in [0.2, 0.25) is 6.41 Å². The lowest BCUT2D eigenvalue weighted by Crippen LogP contribution is -2.45. The van der Waals surface area contributed by atoms with Crippen molar-refractivity contribution in [2.45, 2.75) is 13.0 Å². The second kappa shape index (κ2) is 4.40. The second-order valence-corrected chi connectivity index (χ2v) is 3.77. The number of piperazine rings is 1. The SMILES string of the molecule is Cc1cccnc1C1CNCCN1C=O. The number of aryl methyl sites for hydroxylation is 1. The molecule has 0 bridgehead atoms. The molecule has 1 aliphatic rings. The van der Waals surface area contributed by atoms with Crippen LogP contribution in [0.2, 0.25) is 0 Å². The van der Waals surface area contributed by atoms with E-state index in [2.05, 4.69) is 10.3 Å². The molecule has 1 saturated heterocycles. The lowest BCUT2D eigenvalue weighted by atomic mass is 10.1. The van der Waals surface area contributed by atoms with Crippen LogP contribution in [0.15, 0.2) is 18.3 Å². The molecule has 0 spiro atoms. The van der Waals surface area contributed by atoms with Crippen molar-refractivity contribution in [3.8, 4) is 0 Å². The predicted molar refractivity (Wildman–Crippen MR) is 57.4 cm³/mol. The number of amides is 1. The summed E-state index contributed by atoms with van der Waals surface area (Å²) in [4.78, 5) is 17.1. The Labute approximate surface area is 89.3 Å². The van der Waals surface area contributed by atoms with Crippen molar-refractivity contribution in [3.05, 3.63) is 29.6 Å². The monoisotopic (exact) mass is 205 g/mol. The van der Waals surface area contributed by atoms with Crippen molar-refractivity contribution in [2.24, 2.45) is 0 Å². The maximum absolute atomic E-state index is 10.9. The van der Waals surface area contributed by atoms with E-state index in [1.165, 1.54) is 0 Å². The van der Waals surface area contributed by atoms with Gasteiger partial charge in [0.1, 0.15) is 0 Å². The van der Waals surface area contributed by atoms with Crippen molar-refractivity contribution in [2.75, 3.05) is 19.6 Å². The van der Waals surface area contributed by atoms with E-state index >= 15 is 0 Å². The Morgan fingerprint density at radius 1 is 1.67 bits per heavy atom. The molecule has 0 saturated carbocycles. The first kappa shape index (κ1) is 10.1. The molecule has 0 aromatic carbocycles. The van der Waals surface area contributed by atoms with Gasteiger partial charge in [-0.1, -0.05) is 6.07 Å². The van der Waals surface area contributed by atoms with Crippen LogP contribution in [-0.2, 0) is 4.79 Å². The molecule has 1 aromatic rings. The molecule has 0 radical (unpaired) electrons. The second-order valence-electron chi connectivity index (χ2n) is 3.77. The maximum atomic E-state index is 10.9. The van der Waals surface area contributed by atoms with E-state index < -0.39 is 0 Å². The number of aromatic nitrogens is 1. The number of carbonyl (C=O) groups is 1. The molecule has 1 aromatic heterocycles. The molecule has 1 aliphatic heterocycles. The summed E-state index contributed by atoms with van der Waals surface area (Å²) in [6, 6.07) is 4.03. The zero-order valence-corrected chi connectivity index (χ0v) is 8.81. The van der Waals surface area contributed by atoms with Gasteiger partial charge in [0, 0.05) is 25.8 Å². The molecule has 4 nitrogen and oxygen atoms in total. The molecule has 2 heterocycles. The largest absolute Gasteiger partial charge is 0.334 e. The average Bonchev–Trinajstić information content (AvgIpc) is 2.30. The van der Waals surface area contributed by atoms with Crippen molar-refractivity contribution >= 4 is 6.41 Å². The van der Waals surface area contributed by atoms with Crippen LogP contribution < -0.4 is 5.32 Å². The number of carbonyl (C=O) groups excluding carboxylic acids is 1. The van der Waals surface area contributed by atoms with E-state index in [-0.39, 0.29) is 6.04 Å². The highest BCUT2D eigenvalue weighted by molar-refractivity contribution is 5.49. The molecule has 2 rings (SSSR count). The van der Waals surface area contributed by atoms with Crippen LogP contribution in [0.1, 0.15) is 17.3 Å². The van der Waals surface area contributed by atoms with E-state index in [9.17, 15) is 4.79 Å². The molecule has 4 heteroatoms. The number of hydrogen-bond donors (Lipinski definition) is 1. The molecule has 1 atom stereocenters. The lowest BCUT2D eigenvalue weighted by Gasteiger charge is -2.33. The summed E-state index contributed by atoms with van der Waals surface area (Å²) in [6.07, 6.45) is 2.69. The topological polar surface area (TPSA) is 45.2 Å². The summed E-state index contributed by atoms with van der Waals surface area (Å²) in [5.74, 6) is 0. The normalized spacial score (nSPS) is 21.4. The molecular weight excluding hydrogens is 190 g/mol. The Kier molecular flexibility index (Phi) is 2.97. The van der Waals surface area contributed by atoms with Crippen molar-refractivity contribution in [1.29, 1.82) is 0 Å². The quantitative estimate of drug-likeness (QED) is 0.715. The Morgan fingerprint density at radius 2 is 2.53 bits per heavy atom. The average molecular weight is 205 g/mol. The van der Waals surface area contributed by atoms with Gasteiger partial charge in [-0.2, -0.15) is 0 Å². The minimum Gasteiger partial charge on any atom is -0.334 e. The first-order valence-corrected chi connectivity index (χ1v) is 5.16. The summed E-state index contributed by atoms with van der Waals surface area (Å²) in [7, 11) is 0. The van der Waals surface area contributed by atoms with Crippen LogP contribution in [0.5, 0.6) is 0 Å². The van der Waals surface area contributed by atoms with E-state index in [0.717, 1.165) is 37.3 Å². The molecule has 1 unspecified atom stereocenters. The van der Waals surface area contributed by atoms with Gasteiger partial charge in [0.05, 0.1) is 11.7 Å². The highest BCUT2D eigenvalue weighted by Gasteiger charge is 2.24. The van der Waals surface area contributed by atoms with Gasteiger partial charge in [0.25, 0.3) is 0 Å². The van der Waals surface area contributed by atoms with Crippen LogP contribution in [0.4, 0.5) is 0 Å². The van der Waals surface area contributed by atoms with Crippen LogP contribution >= 0.6 is 0 Å². The molecule has 1 N–H and O–H groups in total. The summed E-state index contributed by atoms with van der Waals surface area (Å²) in [6.45, 7) is 4.43. The highest BCUT2D eigenvalue weighted by Crippen LogP contribution is 2.21. The van der Waals surface area contributed by atoms with Gasteiger partial charge in [-0.25, -0.2) is 0 Å². The van der Waals surface area contributed by atoms with Crippen LogP contribution in [0.3, 0.4) is 0 Å². The standard InChI is InChI=1S/C11H15N3O/c1-9-3-2-4-13-11(9)10-7-12-5-6-14(10)8-15/h2-4,8,10,12H,5-7H2,1H3. The van der Waals surface area contributed by atoms with Crippen LogP contribution in [0.25, 0.3) is 0 Å². The zero-order valence-electron chi connectivity index (χ0n) is 8.81. The number of nitrogens with one attached hydrogen (secondary N) is 1. The highest BCUT2D eigenvalue weighted by atomic mass is 16.1. The van der Waals surface area contributed by atoms with Gasteiger partial charge < -0.3 is 10.2 Å². The number of pyridine rings is 1. The Bertz CT molecular complexity index is 353. The lowest BCUT2D eigenvalue weighted by molar-refractivity contribution is -0.121. The minimum absolute atomic E-state index is 0.0810. The first-order valence-electron chi connectivity index (χ1n) is 5.16. The van der Waals surface area contributed by atoms with Gasteiger partial charge in [0.15, 0.2) is 0 Å². The van der Waals surface area contributed by atoms with E-state index in [0.29, 0.717) is 0 Å². The predicted octanol–water partition coefficient (Wildman–Crippen LogP) is 0.493. The third-order valence-corrected chi connectivity index (χ3v) is 2.79. The van der Waals surface area contributed by atoms with Crippen LogP contribution in [-0.4, -0.2) is 35.9 Å². The summed E-state index contributed by atoms with van der Waals surface area (Å²) in [5, 5.41) is 3.28. The fourth-order valence-electron chi connectivity index (χ4n) is 1.95. The minimum atomic E-state index is 0.0810.